The van der Waals surface area contributed by atoms with E-state index in [0.717, 1.165) is 0 Å². The van der Waals surface area contributed by atoms with Gasteiger partial charge in [0.25, 0.3) is 5.69 Å². The third kappa shape index (κ3) is 2.07. The van der Waals surface area contributed by atoms with E-state index in [2.05, 4.69) is 5.32 Å². The maximum Gasteiger partial charge on any atom is 0.297 e. The molecule has 0 spiro atoms. The summed E-state index contributed by atoms with van der Waals surface area (Å²) in [6.07, 6.45) is 0. The van der Waals surface area contributed by atoms with Gasteiger partial charge in [-0.05, 0) is 5.92 Å². The normalized spacial score (nSPS) is 17.3. The van der Waals surface area contributed by atoms with Crippen molar-refractivity contribution < 1.29 is 9.66 Å². The van der Waals surface area contributed by atoms with Crippen molar-refractivity contribution in [2.45, 2.75) is 19.9 Å². The van der Waals surface area contributed by atoms with Gasteiger partial charge in [0.15, 0.2) is 11.4 Å². The van der Waals surface area contributed by atoms with E-state index in [0.29, 0.717) is 24.0 Å². The van der Waals surface area contributed by atoms with E-state index in [9.17, 15) is 10.1 Å². The number of rotatable bonds is 2. The number of hydrogen-bond donors (Lipinski definition) is 1. The summed E-state index contributed by atoms with van der Waals surface area (Å²) in [6.45, 7) is 4.47. The highest BCUT2D eigenvalue weighted by Crippen LogP contribution is 2.39. The lowest BCUT2D eigenvalue weighted by Crippen LogP contribution is -2.36. The van der Waals surface area contributed by atoms with Crippen LogP contribution in [-0.4, -0.2) is 17.6 Å². The molecule has 1 aliphatic heterocycles. The molecular weight excluding hydrogens is 234 g/mol. The summed E-state index contributed by atoms with van der Waals surface area (Å²) in [4.78, 5) is 10.5. The molecule has 1 aromatic carbocycles. The molecule has 1 atom stereocenters. The first kappa shape index (κ1) is 12.2. The van der Waals surface area contributed by atoms with Gasteiger partial charge in [0, 0.05) is 12.1 Å². The second-order valence-corrected chi connectivity index (χ2v) is 4.54. The minimum absolute atomic E-state index is 0.0316. The predicted molar refractivity (Wildman–Crippen MR) is 65.6 cm³/mol. The van der Waals surface area contributed by atoms with Crippen LogP contribution in [0.25, 0.3) is 0 Å². The van der Waals surface area contributed by atoms with Gasteiger partial charge in [0.05, 0.1) is 22.6 Å². The van der Waals surface area contributed by atoms with Gasteiger partial charge in [-0.25, -0.2) is 0 Å². The van der Waals surface area contributed by atoms with Gasteiger partial charge in [0.2, 0.25) is 0 Å². The summed E-state index contributed by atoms with van der Waals surface area (Å²) in [6, 6.07) is 4.71. The second-order valence-electron chi connectivity index (χ2n) is 4.54. The minimum atomic E-state index is -0.501. The molecule has 1 N–H and O–H groups in total. The molecule has 1 heterocycles. The number of anilines is 1. The zero-order valence-corrected chi connectivity index (χ0v) is 10.1. The largest absolute Gasteiger partial charge is 0.489 e. The Labute approximate surface area is 104 Å². The molecule has 18 heavy (non-hydrogen) atoms. The molecule has 6 heteroatoms. The van der Waals surface area contributed by atoms with Gasteiger partial charge < -0.3 is 10.1 Å². The van der Waals surface area contributed by atoms with Crippen molar-refractivity contribution in [2.75, 3.05) is 11.9 Å². The van der Waals surface area contributed by atoms with Gasteiger partial charge >= 0.3 is 0 Å². The van der Waals surface area contributed by atoms with E-state index in [1.54, 1.807) is 0 Å². The number of hydrogen-bond acceptors (Lipinski definition) is 5. The van der Waals surface area contributed by atoms with E-state index >= 15 is 0 Å². The molecule has 0 aliphatic carbocycles. The zero-order valence-electron chi connectivity index (χ0n) is 10.1. The van der Waals surface area contributed by atoms with Crippen LogP contribution in [0.2, 0.25) is 0 Å². The van der Waals surface area contributed by atoms with Gasteiger partial charge in [-0.1, -0.05) is 13.8 Å². The first-order valence-corrected chi connectivity index (χ1v) is 5.64. The molecule has 6 nitrogen and oxygen atoms in total. The van der Waals surface area contributed by atoms with Gasteiger partial charge in [-0.15, -0.1) is 0 Å². The third-order valence-corrected chi connectivity index (χ3v) is 2.96. The standard InChI is InChI=1S/C12H13N3O3/c1-7(2)9-6-18-11-4-8(5-13)3-10(15(16)17)12(11)14-9/h3-4,7,9,14H,6H2,1-2H3/t9-/m1/s1. The Morgan fingerprint density at radius 3 is 2.89 bits per heavy atom. The van der Waals surface area contributed by atoms with Crippen LogP contribution in [-0.2, 0) is 0 Å². The Bertz CT molecular complexity index is 534. The fourth-order valence-corrected chi connectivity index (χ4v) is 1.83. The number of nitriles is 1. The highest BCUT2D eigenvalue weighted by Gasteiger charge is 2.29. The van der Waals surface area contributed by atoms with Crippen LogP contribution >= 0.6 is 0 Å². The van der Waals surface area contributed by atoms with Crippen LogP contribution < -0.4 is 10.1 Å². The summed E-state index contributed by atoms with van der Waals surface area (Å²) in [7, 11) is 0. The molecule has 0 unspecified atom stereocenters. The Hall–Kier alpha value is -2.29. The maximum absolute atomic E-state index is 11.0. The molecule has 0 amide bonds. The fraction of sp³-hybridized carbons (Fsp3) is 0.417. The summed E-state index contributed by atoms with van der Waals surface area (Å²) in [5.74, 6) is 0.672. The van der Waals surface area contributed by atoms with Crippen LogP contribution in [0.4, 0.5) is 11.4 Å². The SMILES string of the molecule is CC(C)[C@H]1COc2cc(C#N)cc([N+](=O)[O-])c2N1. The Balaban J connectivity index is 2.49. The van der Waals surface area contributed by atoms with Gasteiger partial charge in [-0.3, -0.25) is 10.1 Å². The minimum Gasteiger partial charge on any atom is -0.489 e. The number of nitrogens with zero attached hydrogens (tertiary/aromatic N) is 2. The van der Waals surface area contributed by atoms with Crippen molar-refractivity contribution in [3.05, 3.63) is 27.8 Å². The smallest absolute Gasteiger partial charge is 0.297 e. The molecule has 1 aliphatic rings. The Morgan fingerprint density at radius 1 is 1.61 bits per heavy atom. The quantitative estimate of drug-likeness (QED) is 0.639. The predicted octanol–water partition coefficient (Wildman–Crippen LogP) is 2.30. The molecule has 0 bridgehead atoms. The lowest BCUT2D eigenvalue weighted by atomic mass is 10.0. The number of nitrogens with one attached hydrogen (secondary N) is 1. The van der Waals surface area contributed by atoms with Crippen molar-refractivity contribution >= 4 is 11.4 Å². The summed E-state index contributed by atoms with van der Waals surface area (Å²) in [5.41, 5.74) is 0.476. The topological polar surface area (TPSA) is 88.2 Å². The van der Waals surface area contributed by atoms with Crippen LogP contribution in [0.15, 0.2) is 12.1 Å². The second kappa shape index (κ2) is 4.53. The van der Waals surface area contributed by atoms with E-state index in [4.69, 9.17) is 10.00 Å². The third-order valence-electron chi connectivity index (χ3n) is 2.96. The lowest BCUT2D eigenvalue weighted by molar-refractivity contribution is -0.384. The number of nitro benzene ring substituents is 1. The van der Waals surface area contributed by atoms with Crippen molar-refractivity contribution in [3.63, 3.8) is 0 Å². The average Bonchev–Trinajstić information content (AvgIpc) is 2.36. The van der Waals surface area contributed by atoms with Crippen LogP contribution in [0.1, 0.15) is 19.4 Å². The molecular formula is C12H13N3O3. The maximum atomic E-state index is 11.0. The molecule has 0 saturated carbocycles. The zero-order chi connectivity index (χ0) is 13.3. The molecule has 1 aromatic rings. The highest BCUT2D eigenvalue weighted by molar-refractivity contribution is 5.73. The van der Waals surface area contributed by atoms with E-state index in [1.165, 1.54) is 12.1 Å². The summed E-state index contributed by atoms with van der Waals surface area (Å²) < 4.78 is 5.51. The van der Waals surface area contributed by atoms with Crippen LogP contribution in [0.5, 0.6) is 5.75 Å². The molecule has 0 fully saturated rings. The molecule has 0 saturated heterocycles. The van der Waals surface area contributed by atoms with Crippen molar-refractivity contribution in [1.82, 2.24) is 0 Å². The average molecular weight is 247 g/mol. The van der Waals surface area contributed by atoms with Crippen molar-refractivity contribution in [3.8, 4) is 11.8 Å². The first-order valence-electron chi connectivity index (χ1n) is 5.64. The Morgan fingerprint density at radius 2 is 2.33 bits per heavy atom. The fourth-order valence-electron chi connectivity index (χ4n) is 1.83. The van der Waals surface area contributed by atoms with Crippen LogP contribution in [0.3, 0.4) is 0 Å². The molecule has 0 aromatic heterocycles. The number of ether oxygens (including phenoxy) is 1. The number of nitro groups is 1. The highest BCUT2D eigenvalue weighted by atomic mass is 16.6. The Kier molecular flexibility index (Phi) is 3.06. The monoisotopic (exact) mass is 247 g/mol. The molecule has 0 radical (unpaired) electrons. The number of fused-ring (bicyclic) bond motifs is 1. The molecule has 94 valence electrons. The van der Waals surface area contributed by atoms with E-state index < -0.39 is 4.92 Å². The lowest BCUT2D eigenvalue weighted by Gasteiger charge is -2.29. The summed E-state index contributed by atoms with van der Waals surface area (Å²) in [5, 5.41) is 23.0. The van der Waals surface area contributed by atoms with Gasteiger partial charge in [-0.2, -0.15) is 5.26 Å². The van der Waals surface area contributed by atoms with Crippen molar-refractivity contribution in [2.24, 2.45) is 5.92 Å². The van der Waals surface area contributed by atoms with Crippen molar-refractivity contribution in [1.29, 1.82) is 5.26 Å². The molecule has 2 rings (SSSR count). The van der Waals surface area contributed by atoms with E-state index in [1.807, 2.05) is 19.9 Å². The van der Waals surface area contributed by atoms with Gasteiger partial charge in [0.1, 0.15) is 6.61 Å². The van der Waals surface area contributed by atoms with Crippen LogP contribution in [0, 0.1) is 27.4 Å². The first-order chi connectivity index (χ1) is 8.52. The van der Waals surface area contributed by atoms with E-state index in [-0.39, 0.29) is 17.3 Å². The summed E-state index contributed by atoms with van der Waals surface area (Å²) >= 11 is 0. The number of benzene rings is 1.